The van der Waals surface area contributed by atoms with E-state index in [1.807, 2.05) is 35.2 Å². The van der Waals surface area contributed by atoms with E-state index in [1.165, 1.54) is 18.9 Å². The monoisotopic (exact) mass is 340 g/mol. The molecule has 0 N–H and O–H groups in total. The van der Waals surface area contributed by atoms with Crippen LogP contribution in [0.25, 0.3) is 0 Å². The average Bonchev–Trinajstić information content (AvgIpc) is 2.91. The summed E-state index contributed by atoms with van der Waals surface area (Å²) < 4.78 is 28.6. The summed E-state index contributed by atoms with van der Waals surface area (Å²) >= 11 is 1.36. The molecule has 0 spiro atoms. The summed E-state index contributed by atoms with van der Waals surface area (Å²) in [5.41, 5.74) is 0.851. The fourth-order valence-electron chi connectivity index (χ4n) is 2.72. The van der Waals surface area contributed by atoms with Crippen LogP contribution < -0.4 is 4.90 Å². The highest BCUT2D eigenvalue weighted by atomic mass is 32.2. The number of fused-ring (bicyclic) bond motifs is 1. The molecule has 1 amide bonds. The van der Waals surface area contributed by atoms with Crippen LogP contribution >= 0.6 is 11.8 Å². The molecular formula is C14H16N2O4S2. The molecule has 0 aliphatic carbocycles. The minimum Gasteiger partial charge on any atom is -0.375 e. The molecule has 0 unspecified atom stereocenters. The maximum Gasteiger partial charge on any atom is 0.274 e. The summed E-state index contributed by atoms with van der Waals surface area (Å²) in [6.07, 6.45) is 0. The zero-order valence-corrected chi connectivity index (χ0v) is 13.6. The first-order chi connectivity index (χ1) is 10.5. The highest BCUT2D eigenvalue weighted by Crippen LogP contribution is 2.40. The second-order valence-electron chi connectivity index (χ2n) is 5.23. The number of sulfone groups is 1. The van der Waals surface area contributed by atoms with Crippen LogP contribution in [0, 0.1) is 0 Å². The lowest BCUT2D eigenvalue weighted by Gasteiger charge is -2.24. The molecule has 0 aromatic heterocycles. The van der Waals surface area contributed by atoms with Crippen LogP contribution in [0.15, 0.2) is 35.3 Å². The van der Waals surface area contributed by atoms with Gasteiger partial charge < -0.3 is 9.64 Å². The second kappa shape index (κ2) is 6.02. The van der Waals surface area contributed by atoms with Crippen molar-refractivity contribution >= 4 is 38.4 Å². The number of hydrogen-bond acceptors (Lipinski definition) is 5. The first kappa shape index (κ1) is 15.5. The summed E-state index contributed by atoms with van der Waals surface area (Å²) in [4.78, 5) is 17.7. The largest absolute Gasteiger partial charge is 0.375 e. The SMILES string of the molecule is COCC(=O)N=C1S[C@@H]2CS(=O)(=O)C[C@@H]2N1c1ccccc1. The fourth-order valence-corrected chi connectivity index (χ4v) is 6.65. The number of amides is 1. The first-order valence-electron chi connectivity index (χ1n) is 6.82. The van der Waals surface area contributed by atoms with E-state index in [4.69, 9.17) is 4.74 Å². The summed E-state index contributed by atoms with van der Waals surface area (Å²) in [5, 5.41) is 0.470. The Labute approximate surface area is 133 Å². The molecule has 2 aliphatic rings. The minimum atomic E-state index is -3.04. The third-order valence-electron chi connectivity index (χ3n) is 3.59. The lowest BCUT2D eigenvalue weighted by atomic mass is 10.2. The van der Waals surface area contributed by atoms with Crippen molar-refractivity contribution in [1.29, 1.82) is 0 Å². The summed E-state index contributed by atoms with van der Waals surface area (Å²) in [6.45, 7) is -0.0830. The maximum atomic E-state index is 11.9. The fraction of sp³-hybridized carbons (Fsp3) is 0.429. The lowest BCUT2D eigenvalue weighted by molar-refractivity contribution is -0.121. The number of carbonyl (C=O) groups is 1. The Morgan fingerprint density at radius 1 is 1.36 bits per heavy atom. The van der Waals surface area contributed by atoms with Crippen molar-refractivity contribution < 1.29 is 17.9 Å². The van der Waals surface area contributed by atoms with Crippen LogP contribution in [-0.4, -0.2) is 56.0 Å². The van der Waals surface area contributed by atoms with E-state index >= 15 is 0 Å². The molecule has 118 valence electrons. The van der Waals surface area contributed by atoms with Crippen LogP contribution in [0.2, 0.25) is 0 Å². The lowest BCUT2D eigenvalue weighted by Crippen LogP contribution is -2.37. The van der Waals surface area contributed by atoms with E-state index in [-0.39, 0.29) is 35.3 Å². The molecule has 2 atom stereocenters. The van der Waals surface area contributed by atoms with Gasteiger partial charge in [0.05, 0.1) is 17.5 Å². The van der Waals surface area contributed by atoms with Gasteiger partial charge in [-0.15, -0.1) is 0 Å². The van der Waals surface area contributed by atoms with Crippen molar-refractivity contribution in [3.8, 4) is 0 Å². The molecule has 0 bridgehead atoms. The summed E-state index contributed by atoms with van der Waals surface area (Å²) in [7, 11) is -1.60. The van der Waals surface area contributed by atoms with E-state index in [0.717, 1.165) is 5.69 Å². The van der Waals surface area contributed by atoms with Crippen molar-refractivity contribution in [3.05, 3.63) is 30.3 Å². The molecule has 1 aromatic rings. The number of thioether (sulfide) groups is 1. The number of rotatable bonds is 3. The number of benzene rings is 1. The van der Waals surface area contributed by atoms with Gasteiger partial charge in [-0.1, -0.05) is 30.0 Å². The quantitative estimate of drug-likeness (QED) is 0.815. The van der Waals surface area contributed by atoms with Gasteiger partial charge >= 0.3 is 0 Å². The Balaban J connectivity index is 1.96. The number of ether oxygens (including phenoxy) is 1. The number of para-hydroxylation sites is 1. The number of amidine groups is 1. The molecular weight excluding hydrogens is 324 g/mol. The average molecular weight is 340 g/mol. The standard InChI is InChI=1S/C14H16N2O4S2/c1-20-7-13(17)15-14-16(10-5-3-2-4-6-10)11-8-22(18,19)9-12(11)21-14/h2-6,11-12H,7-9H2,1H3/t11-,12+/m0/s1. The van der Waals surface area contributed by atoms with E-state index in [1.54, 1.807) is 0 Å². The van der Waals surface area contributed by atoms with Crippen molar-refractivity contribution in [3.63, 3.8) is 0 Å². The molecule has 0 radical (unpaired) electrons. The van der Waals surface area contributed by atoms with E-state index in [2.05, 4.69) is 4.99 Å². The van der Waals surface area contributed by atoms with Crippen molar-refractivity contribution in [2.24, 2.45) is 4.99 Å². The molecule has 6 nitrogen and oxygen atoms in total. The van der Waals surface area contributed by atoms with E-state index in [9.17, 15) is 13.2 Å². The number of anilines is 1. The highest BCUT2D eigenvalue weighted by Gasteiger charge is 2.49. The Bertz CT molecular complexity index is 703. The first-order valence-corrected chi connectivity index (χ1v) is 9.52. The van der Waals surface area contributed by atoms with Gasteiger partial charge in [0.25, 0.3) is 5.91 Å². The Kier molecular flexibility index (Phi) is 4.24. The van der Waals surface area contributed by atoms with Gasteiger partial charge in [0.15, 0.2) is 15.0 Å². The van der Waals surface area contributed by atoms with Crippen molar-refractivity contribution in [2.75, 3.05) is 30.1 Å². The molecule has 2 saturated heterocycles. The topological polar surface area (TPSA) is 76.0 Å². The molecule has 2 heterocycles. The van der Waals surface area contributed by atoms with Gasteiger partial charge in [-0.3, -0.25) is 4.79 Å². The van der Waals surface area contributed by atoms with E-state index < -0.39 is 9.84 Å². The normalized spacial score (nSPS) is 28.0. The second-order valence-corrected chi connectivity index (χ2v) is 8.59. The van der Waals surface area contributed by atoms with Gasteiger partial charge in [0.1, 0.15) is 6.61 Å². The molecule has 22 heavy (non-hydrogen) atoms. The number of hydrogen-bond donors (Lipinski definition) is 0. The van der Waals surface area contributed by atoms with Gasteiger partial charge in [0.2, 0.25) is 0 Å². The molecule has 2 aliphatic heterocycles. The summed E-state index contributed by atoms with van der Waals surface area (Å²) in [6, 6.07) is 9.26. The predicted molar refractivity (Wildman–Crippen MR) is 87.1 cm³/mol. The van der Waals surface area contributed by atoms with Gasteiger partial charge in [-0.25, -0.2) is 8.42 Å². The summed E-state index contributed by atoms with van der Waals surface area (Å²) in [5.74, 6) is -0.144. The van der Waals surface area contributed by atoms with E-state index in [0.29, 0.717) is 5.17 Å². The zero-order valence-electron chi connectivity index (χ0n) is 12.0. The van der Waals surface area contributed by atoms with Crippen molar-refractivity contribution in [1.82, 2.24) is 0 Å². The number of carbonyl (C=O) groups excluding carboxylic acids is 1. The number of aliphatic imine (C=N–C) groups is 1. The number of nitrogens with zero attached hydrogens (tertiary/aromatic N) is 2. The molecule has 0 saturated carbocycles. The highest BCUT2D eigenvalue weighted by molar-refractivity contribution is 8.16. The third kappa shape index (κ3) is 3.04. The maximum absolute atomic E-state index is 11.9. The third-order valence-corrected chi connectivity index (χ3v) is 6.80. The Morgan fingerprint density at radius 2 is 2.09 bits per heavy atom. The number of methoxy groups -OCH3 is 1. The molecule has 1 aromatic carbocycles. The molecule has 2 fully saturated rings. The Morgan fingerprint density at radius 3 is 2.77 bits per heavy atom. The van der Waals surface area contributed by atoms with Gasteiger partial charge in [-0.2, -0.15) is 4.99 Å². The van der Waals surface area contributed by atoms with Gasteiger partial charge in [-0.05, 0) is 12.1 Å². The predicted octanol–water partition coefficient (Wildman–Crippen LogP) is 0.934. The molecule has 3 rings (SSSR count). The van der Waals surface area contributed by atoms with Crippen LogP contribution in [0.3, 0.4) is 0 Å². The smallest absolute Gasteiger partial charge is 0.274 e. The van der Waals surface area contributed by atoms with Crippen molar-refractivity contribution in [2.45, 2.75) is 11.3 Å². The molecule has 8 heteroatoms. The Hall–Kier alpha value is -1.38. The van der Waals surface area contributed by atoms with Gasteiger partial charge in [0, 0.05) is 18.0 Å². The zero-order chi connectivity index (χ0) is 15.7. The minimum absolute atomic E-state index is 0.0830. The van der Waals surface area contributed by atoms with Crippen LogP contribution in [0.5, 0.6) is 0 Å². The van der Waals surface area contributed by atoms with Crippen LogP contribution in [0.4, 0.5) is 5.69 Å². The van der Waals surface area contributed by atoms with Crippen LogP contribution in [0.1, 0.15) is 0 Å². The van der Waals surface area contributed by atoms with Crippen LogP contribution in [-0.2, 0) is 19.4 Å².